The summed E-state index contributed by atoms with van der Waals surface area (Å²) in [6.07, 6.45) is 0. The van der Waals surface area contributed by atoms with Crippen molar-refractivity contribution in [1.82, 2.24) is 0 Å². The van der Waals surface area contributed by atoms with E-state index in [9.17, 15) is 4.79 Å². The Morgan fingerprint density at radius 2 is 2.06 bits per heavy atom. The number of benzene rings is 1. The minimum atomic E-state index is -0.283. The third-order valence-electron chi connectivity index (χ3n) is 2.21. The van der Waals surface area contributed by atoms with Gasteiger partial charge in [-0.2, -0.15) is 0 Å². The Kier molecular flexibility index (Phi) is 4.90. The molecule has 0 aliphatic heterocycles. The van der Waals surface area contributed by atoms with Crippen LogP contribution in [0.4, 0.5) is 5.69 Å². The van der Waals surface area contributed by atoms with Crippen LogP contribution in [-0.4, -0.2) is 11.8 Å². The molecule has 16 heavy (non-hydrogen) atoms. The highest BCUT2D eigenvalue weighted by Crippen LogP contribution is 2.33. The van der Waals surface area contributed by atoms with Crippen molar-refractivity contribution in [1.29, 1.82) is 0 Å². The maximum absolute atomic E-state index is 11.6. The van der Waals surface area contributed by atoms with Crippen LogP contribution >= 0.6 is 34.8 Å². The molecule has 0 spiro atoms. The van der Waals surface area contributed by atoms with Gasteiger partial charge in [-0.1, -0.05) is 36.2 Å². The Morgan fingerprint density at radius 1 is 1.44 bits per heavy atom. The standard InChI is InChI=1S/C11H12Cl3NO/c1-6-3-4-8(13)10(9(6)14)15-11(16)7(2)5-12/h3-4,7H,5H2,1-2H3,(H,15,16). The maximum atomic E-state index is 11.6. The molecule has 1 aromatic rings. The molecule has 0 aromatic heterocycles. The number of rotatable bonds is 3. The van der Waals surface area contributed by atoms with Gasteiger partial charge in [-0.15, -0.1) is 11.6 Å². The van der Waals surface area contributed by atoms with E-state index < -0.39 is 0 Å². The lowest BCUT2D eigenvalue weighted by atomic mass is 10.1. The summed E-state index contributed by atoms with van der Waals surface area (Å²) in [4.78, 5) is 11.6. The minimum Gasteiger partial charge on any atom is -0.323 e. The zero-order valence-corrected chi connectivity index (χ0v) is 11.2. The Morgan fingerprint density at radius 3 is 2.62 bits per heavy atom. The normalized spacial score (nSPS) is 12.3. The minimum absolute atomic E-state index is 0.190. The Bertz CT molecular complexity index is 406. The van der Waals surface area contributed by atoms with Gasteiger partial charge in [0.05, 0.1) is 15.7 Å². The van der Waals surface area contributed by atoms with Crippen molar-refractivity contribution in [2.45, 2.75) is 13.8 Å². The van der Waals surface area contributed by atoms with Gasteiger partial charge in [-0.3, -0.25) is 4.79 Å². The van der Waals surface area contributed by atoms with Gasteiger partial charge in [0, 0.05) is 11.8 Å². The average molecular weight is 281 g/mol. The summed E-state index contributed by atoms with van der Waals surface area (Å²) in [5.74, 6) is -0.217. The van der Waals surface area contributed by atoms with Crippen LogP contribution in [-0.2, 0) is 4.79 Å². The predicted molar refractivity (Wildman–Crippen MR) is 69.7 cm³/mol. The number of hydrogen-bond donors (Lipinski definition) is 1. The summed E-state index contributed by atoms with van der Waals surface area (Å²) in [6.45, 7) is 3.58. The highest BCUT2D eigenvalue weighted by Gasteiger charge is 2.16. The van der Waals surface area contributed by atoms with Crippen molar-refractivity contribution in [2.24, 2.45) is 5.92 Å². The van der Waals surface area contributed by atoms with Gasteiger partial charge in [0.2, 0.25) is 5.91 Å². The van der Waals surface area contributed by atoms with E-state index in [1.165, 1.54) is 0 Å². The fourth-order valence-corrected chi connectivity index (χ4v) is 1.69. The Balaban J connectivity index is 2.97. The molecule has 1 rings (SSSR count). The highest BCUT2D eigenvalue weighted by atomic mass is 35.5. The second-order valence-electron chi connectivity index (χ2n) is 3.60. The molecule has 0 heterocycles. The number of aryl methyl sites for hydroxylation is 1. The second-order valence-corrected chi connectivity index (χ2v) is 4.69. The van der Waals surface area contributed by atoms with E-state index in [0.717, 1.165) is 5.56 Å². The highest BCUT2D eigenvalue weighted by molar-refractivity contribution is 6.40. The Hall–Kier alpha value is -0.440. The smallest absolute Gasteiger partial charge is 0.228 e. The molecule has 0 fully saturated rings. The molecule has 0 saturated heterocycles. The average Bonchev–Trinajstić information content (AvgIpc) is 2.28. The van der Waals surface area contributed by atoms with E-state index >= 15 is 0 Å². The fourth-order valence-electron chi connectivity index (χ4n) is 1.09. The first kappa shape index (κ1) is 13.6. The first-order valence-corrected chi connectivity index (χ1v) is 6.07. The van der Waals surface area contributed by atoms with Crippen molar-refractivity contribution >= 4 is 46.4 Å². The zero-order valence-electron chi connectivity index (χ0n) is 8.98. The van der Waals surface area contributed by atoms with E-state index in [2.05, 4.69) is 5.32 Å². The maximum Gasteiger partial charge on any atom is 0.228 e. The van der Waals surface area contributed by atoms with Crippen LogP contribution in [0.2, 0.25) is 10.0 Å². The van der Waals surface area contributed by atoms with Gasteiger partial charge in [0.25, 0.3) is 0 Å². The van der Waals surface area contributed by atoms with Crippen LogP contribution in [0, 0.1) is 12.8 Å². The van der Waals surface area contributed by atoms with Gasteiger partial charge < -0.3 is 5.32 Å². The lowest BCUT2D eigenvalue weighted by Gasteiger charge is -2.13. The lowest BCUT2D eigenvalue weighted by Crippen LogP contribution is -2.21. The van der Waals surface area contributed by atoms with Gasteiger partial charge in [-0.05, 0) is 18.6 Å². The summed E-state index contributed by atoms with van der Waals surface area (Å²) >= 11 is 17.6. The number of alkyl halides is 1. The third-order valence-corrected chi connectivity index (χ3v) is 3.48. The number of carbonyl (C=O) groups is 1. The van der Waals surface area contributed by atoms with Gasteiger partial charge in [0.1, 0.15) is 0 Å². The van der Waals surface area contributed by atoms with Crippen LogP contribution in [0.25, 0.3) is 0 Å². The molecule has 2 nitrogen and oxygen atoms in total. The zero-order chi connectivity index (χ0) is 12.3. The summed E-state index contributed by atoms with van der Waals surface area (Å²) in [7, 11) is 0. The first-order valence-electron chi connectivity index (χ1n) is 4.78. The summed E-state index contributed by atoms with van der Waals surface area (Å²) in [6, 6.07) is 3.50. The number of amides is 1. The molecule has 88 valence electrons. The van der Waals surface area contributed by atoms with Crippen molar-refractivity contribution < 1.29 is 4.79 Å². The third kappa shape index (κ3) is 3.03. The van der Waals surface area contributed by atoms with E-state index in [0.29, 0.717) is 15.7 Å². The SMILES string of the molecule is Cc1ccc(Cl)c(NC(=O)C(C)CCl)c1Cl. The number of carbonyl (C=O) groups excluding carboxylic acids is 1. The van der Waals surface area contributed by atoms with Crippen LogP contribution in [0.1, 0.15) is 12.5 Å². The summed E-state index contributed by atoms with van der Waals surface area (Å²) in [5, 5.41) is 3.57. The van der Waals surface area contributed by atoms with Crippen LogP contribution in [0.5, 0.6) is 0 Å². The number of hydrogen-bond acceptors (Lipinski definition) is 1. The Labute approximate surface area is 110 Å². The van der Waals surface area contributed by atoms with Gasteiger partial charge in [0.15, 0.2) is 0 Å². The van der Waals surface area contributed by atoms with Crippen molar-refractivity contribution in [2.75, 3.05) is 11.2 Å². The van der Waals surface area contributed by atoms with Crippen molar-refractivity contribution in [3.63, 3.8) is 0 Å². The molecule has 1 N–H and O–H groups in total. The van der Waals surface area contributed by atoms with Crippen LogP contribution in [0.15, 0.2) is 12.1 Å². The first-order chi connectivity index (χ1) is 7.47. The molecule has 5 heteroatoms. The van der Waals surface area contributed by atoms with Gasteiger partial charge >= 0.3 is 0 Å². The molecule has 0 bridgehead atoms. The molecule has 0 saturated carbocycles. The van der Waals surface area contributed by atoms with E-state index in [4.69, 9.17) is 34.8 Å². The second kappa shape index (κ2) is 5.76. The quantitative estimate of drug-likeness (QED) is 0.829. The summed E-state index contributed by atoms with van der Waals surface area (Å²) < 4.78 is 0. The largest absolute Gasteiger partial charge is 0.323 e. The molecule has 0 aliphatic carbocycles. The van der Waals surface area contributed by atoms with Crippen molar-refractivity contribution in [3.8, 4) is 0 Å². The molecule has 1 atom stereocenters. The topological polar surface area (TPSA) is 29.1 Å². The lowest BCUT2D eigenvalue weighted by molar-refractivity contribution is -0.118. The molecular weight excluding hydrogens is 268 g/mol. The summed E-state index contributed by atoms with van der Waals surface area (Å²) in [5.41, 5.74) is 1.31. The van der Waals surface area contributed by atoms with Crippen LogP contribution in [0.3, 0.4) is 0 Å². The van der Waals surface area contributed by atoms with E-state index in [1.54, 1.807) is 19.1 Å². The molecule has 1 aromatic carbocycles. The number of anilines is 1. The molecule has 1 amide bonds. The van der Waals surface area contributed by atoms with Gasteiger partial charge in [-0.25, -0.2) is 0 Å². The molecule has 0 radical (unpaired) electrons. The van der Waals surface area contributed by atoms with E-state index in [1.807, 2.05) is 6.92 Å². The van der Waals surface area contributed by atoms with Crippen molar-refractivity contribution in [3.05, 3.63) is 27.7 Å². The molecule has 1 unspecified atom stereocenters. The number of halogens is 3. The van der Waals surface area contributed by atoms with E-state index in [-0.39, 0.29) is 17.7 Å². The van der Waals surface area contributed by atoms with Crippen LogP contribution < -0.4 is 5.32 Å². The monoisotopic (exact) mass is 279 g/mol. The fraction of sp³-hybridized carbons (Fsp3) is 0.364. The predicted octanol–water partition coefficient (Wildman–Crippen LogP) is 4.12. The molecular formula is C11H12Cl3NO. The molecule has 0 aliphatic rings. The number of nitrogens with one attached hydrogen (secondary N) is 1.